The van der Waals surface area contributed by atoms with Gasteiger partial charge in [0.15, 0.2) is 0 Å². The molecule has 0 aromatic rings. The molecule has 3 amide bonds. The van der Waals surface area contributed by atoms with Gasteiger partial charge in [-0.15, -0.1) is 0 Å². The van der Waals surface area contributed by atoms with Crippen LogP contribution < -0.4 is 16.4 Å². The molecule has 0 aliphatic carbocycles. The molecule has 0 fully saturated rings. The molecule has 0 saturated carbocycles. The number of nitrogens with one attached hydrogen (secondary N) is 2. The van der Waals surface area contributed by atoms with Crippen molar-refractivity contribution >= 4 is 44.3 Å². The standard InChI is InChI=1S/C14H27NO5S.C14H31NO4Si.C6H13NO/c1-4-11(2)14(17)20-6-5-18-10-19-7-8-21-9-12(3)13(15)16;1-6-13(5)14(16)15-11-10-12-20(17-7-2,18-8-3)19-9-4;1-4-5(2)7-6(3)8/h11-12H,4-10H2,1-3H3,(H2,15,16);13H,6-12H2,1-5H3,(H,15,16);5H,4H2,1-3H3,(H,7,8). The molecule has 4 N–H and O–H groups in total. The van der Waals surface area contributed by atoms with Gasteiger partial charge in [0, 0.05) is 68.7 Å². The quantitative estimate of drug-likeness (QED) is 0.0451. The van der Waals surface area contributed by atoms with Crippen LogP contribution in [0.25, 0.3) is 0 Å². The third-order valence-corrected chi connectivity index (χ3v) is 11.4. The largest absolute Gasteiger partial charge is 0.500 e. The Balaban J connectivity index is -0.000000708. The van der Waals surface area contributed by atoms with Gasteiger partial charge in [-0.2, -0.15) is 11.8 Å². The second-order valence-electron chi connectivity index (χ2n) is 11.5. The Hall–Kier alpha value is -1.75. The van der Waals surface area contributed by atoms with Gasteiger partial charge in [-0.3, -0.25) is 19.2 Å². The molecule has 0 aromatic heterocycles. The molecule has 0 aliphatic rings. The van der Waals surface area contributed by atoms with Gasteiger partial charge in [0.25, 0.3) is 0 Å². The molecule has 4 atom stereocenters. The molecule has 49 heavy (non-hydrogen) atoms. The average molecular weight is 742 g/mol. The normalized spacial score (nSPS) is 13.4. The summed E-state index contributed by atoms with van der Waals surface area (Å²) in [6, 6.07) is 1.07. The van der Waals surface area contributed by atoms with Crippen LogP contribution in [-0.4, -0.2) is 103 Å². The number of carbonyl (C=O) groups is 4. The van der Waals surface area contributed by atoms with Crippen molar-refractivity contribution < 1.29 is 46.7 Å². The minimum Gasteiger partial charge on any atom is -0.463 e. The topological polar surface area (TPSA) is 174 Å². The first kappa shape index (κ1) is 51.6. The highest BCUT2D eigenvalue weighted by atomic mass is 32.2. The highest BCUT2D eigenvalue weighted by Crippen LogP contribution is 2.18. The van der Waals surface area contributed by atoms with Crippen LogP contribution in [0.1, 0.15) is 102 Å². The summed E-state index contributed by atoms with van der Waals surface area (Å²) in [5.41, 5.74) is 5.15. The number of esters is 1. The fraction of sp³-hybridized carbons (Fsp3) is 0.882. The van der Waals surface area contributed by atoms with Gasteiger partial charge in [-0.25, -0.2) is 0 Å². The fourth-order valence-electron chi connectivity index (χ4n) is 3.47. The lowest BCUT2D eigenvalue weighted by atomic mass is 10.1. The number of hydrogen-bond donors (Lipinski definition) is 3. The van der Waals surface area contributed by atoms with E-state index in [1.54, 1.807) is 18.7 Å². The van der Waals surface area contributed by atoms with Gasteiger partial charge in [-0.1, -0.05) is 41.5 Å². The van der Waals surface area contributed by atoms with E-state index in [9.17, 15) is 19.2 Å². The van der Waals surface area contributed by atoms with Gasteiger partial charge in [0.2, 0.25) is 17.7 Å². The van der Waals surface area contributed by atoms with E-state index in [1.165, 1.54) is 6.92 Å². The van der Waals surface area contributed by atoms with Gasteiger partial charge in [-0.05, 0) is 53.4 Å². The Bertz CT molecular complexity index is 827. The smallest absolute Gasteiger partial charge is 0.463 e. The maximum absolute atomic E-state index is 11.7. The molecule has 0 heterocycles. The van der Waals surface area contributed by atoms with Gasteiger partial charge in [0.05, 0.1) is 19.1 Å². The molecule has 0 saturated heterocycles. The second kappa shape index (κ2) is 34.7. The molecule has 292 valence electrons. The minimum atomic E-state index is -2.55. The van der Waals surface area contributed by atoms with E-state index in [4.69, 9.17) is 33.2 Å². The monoisotopic (exact) mass is 741 g/mol. The summed E-state index contributed by atoms with van der Waals surface area (Å²) in [6.45, 7) is 24.7. The molecule has 4 unspecified atom stereocenters. The Morgan fingerprint density at radius 3 is 1.76 bits per heavy atom. The lowest BCUT2D eigenvalue weighted by Gasteiger charge is -2.28. The highest BCUT2D eigenvalue weighted by molar-refractivity contribution is 7.99. The number of rotatable bonds is 27. The van der Waals surface area contributed by atoms with Crippen molar-refractivity contribution in [2.24, 2.45) is 23.5 Å². The second-order valence-corrected chi connectivity index (χ2v) is 15.4. The molecule has 0 bridgehead atoms. The van der Waals surface area contributed by atoms with Crippen LogP contribution in [-0.2, 0) is 46.7 Å². The summed E-state index contributed by atoms with van der Waals surface area (Å²) in [6.07, 6.45) is 3.45. The Labute approximate surface area is 302 Å². The first-order chi connectivity index (χ1) is 23.2. The number of primary amides is 1. The van der Waals surface area contributed by atoms with Crippen molar-refractivity contribution in [3.8, 4) is 0 Å². The lowest BCUT2D eigenvalue weighted by Crippen LogP contribution is -2.46. The van der Waals surface area contributed by atoms with E-state index < -0.39 is 8.80 Å². The number of amides is 3. The first-order valence-electron chi connectivity index (χ1n) is 17.9. The van der Waals surface area contributed by atoms with Crippen molar-refractivity contribution in [1.82, 2.24) is 10.6 Å². The first-order valence-corrected chi connectivity index (χ1v) is 20.9. The van der Waals surface area contributed by atoms with Crippen molar-refractivity contribution in [3.63, 3.8) is 0 Å². The summed E-state index contributed by atoms with van der Waals surface area (Å²) < 4.78 is 32.8. The van der Waals surface area contributed by atoms with E-state index in [0.717, 1.165) is 37.5 Å². The molecular formula is C34H71N3O10SSi. The van der Waals surface area contributed by atoms with Gasteiger partial charge in [0.1, 0.15) is 13.4 Å². The van der Waals surface area contributed by atoms with Crippen molar-refractivity contribution in [2.75, 3.05) is 64.5 Å². The van der Waals surface area contributed by atoms with Crippen LogP contribution in [0.2, 0.25) is 6.04 Å². The molecule has 0 radical (unpaired) electrons. The Morgan fingerprint density at radius 2 is 1.31 bits per heavy atom. The number of ether oxygens (including phenoxy) is 3. The fourth-order valence-corrected chi connectivity index (χ4v) is 7.01. The zero-order valence-corrected chi connectivity index (χ0v) is 34.3. The van der Waals surface area contributed by atoms with E-state index in [0.29, 0.717) is 51.4 Å². The summed E-state index contributed by atoms with van der Waals surface area (Å²) >= 11 is 1.62. The molecule has 0 rings (SSSR count). The van der Waals surface area contributed by atoms with E-state index in [-0.39, 0.29) is 54.8 Å². The SMILES string of the molecule is CCC(C)C(=O)OCCOCOCCSCC(C)C(N)=O.CCC(C)NC(C)=O.CCO[Si](CCCNC(=O)C(C)CC)(OCC)OCC. The number of thioether (sulfide) groups is 1. The van der Waals surface area contributed by atoms with Gasteiger partial charge >= 0.3 is 14.8 Å². The molecule has 0 spiro atoms. The van der Waals surface area contributed by atoms with Crippen LogP contribution >= 0.6 is 11.8 Å². The lowest BCUT2D eigenvalue weighted by molar-refractivity contribution is -0.151. The number of nitrogens with two attached hydrogens (primary N) is 1. The molecule has 15 heteroatoms. The molecule has 0 aliphatic heterocycles. The molecule has 0 aromatic carbocycles. The van der Waals surface area contributed by atoms with Crippen molar-refractivity contribution in [3.05, 3.63) is 0 Å². The van der Waals surface area contributed by atoms with Crippen LogP contribution in [0, 0.1) is 17.8 Å². The zero-order chi connectivity index (χ0) is 38.1. The third kappa shape index (κ3) is 31.9. The van der Waals surface area contributed by atoms with Gasteiger partial charge < -0.3 is 43.9 Å². The summed E-state index contributed by atoms with van der Waals surface area (Å²) in [5.74, 6) is 1.06. The van der Waals surface area contributed by atoms with E-state index in [1.807, 2.05) is 62.3 Å². The maximum Gasteiger partial charge on any atom is 0.500 e. The number of hydrogen-bond acceptors (Lipinski definition) is 11. The minimum absolute atomic E-state index is 0.0550. The van der Waals surface area contributed by atoms with Crippen LogP contribution in [0.4, 0.5) is 0 Å². The Kier molecular flexibility index (Phi) is 36.5. The molecular weight excluding hydrogens is 671 g/mol. The van der Waals surface area contributed by atoms with Crippen molar-refractivity contribution in [1.29, 1.82) is 0 Å². The van der Waals surface area contributed by atoms with E-state index >= 15 is 0 Å². The van der Waals surface area contributed by atoms with Crippen molar-refractivity contribution in [2.45, 2.75) is 114 Å². The zero-order valence-electron chi connectivity index (χ0n) is 32.5. The summed E-state index contributed by atoms with van der Waals surface area (Å²) in [7, 11) is -2.55. The van der Waals surface area contributed by atoms with Crippen LogP contribution in [0.15, 0.2) is 0 Å². The third-order valence-electron chi connectivity index (χ3n) is 7.05. The van der Waals surface area contributed by atoms with Crippen LogP contribution in [0.5, 0.6) is 0 Å². The average Bonchev–Trinajstić information content (AvgIpc) is 3.06. The summed E-state index contributed by atoms with van der Waals surface area (Å²) in [5, 5.41) is 5.70. The van der Waals surface area contributed by atoms with E-state index in [2.05, 4.69) is 10.6 Å². The summed E-state index contributed by atoms with van der Waals surface area (Å²) in [4.78, 5) is 44.1. The maximum atomic E-state index is 11.7. The number of carbonyl (C=O) groups excluding carboxylic acids is 4. The van der Waals surface area contributed by atoms with Crippen LogP contribution in [0.3, 0.4) is 0 Å². The Morgan fingerprint density at radius 1 is 0.755 bits per heavy atom. The predicted molar refractivity (Wildman–Crippen MR) is 199 cm³/mol. The molecule has 13 nitrogen and oxygen atoms in total. The highest BCUT2D eigenvalue weighted by Gasteiger charge is 2.39. The predicted octanol–water partition coefficient (Wildman–Crippen LogP) is 4.93.